The normalized spacial score (nSPS) is 32.6. The van der Waals surface area contributed by atoms with Crippen LogP contribution in [0, 0.1) is 11.8 Å². The molecule has 64 valence electrons. The molecular formula is C7H14N2O2. The van der Waals surface area contributed by atoms with Crippen molar-refractivity contribution in [2.45, 2.75) is 19.3 Å². The number of amidine groups is 1. The fourth-order valence-corrected chi connectivity index (χ4v) is 1.59. The van der Waals surface area contributed by atoms with Crippen molar-refractivity contribution in [3.63, 3.8) is 0 Å². The maximum atomic E-state index is 8.80. The Hall–Kier alpha value is -0.770. The molecule has 0 saturated heterocycles. The zero-order chi connectivity index (χ0) is 8.27. The summed E-state index contributed by atoms with van der Waals surface area (Å²) >= 11 is 0. The van der Waals surface area contributed by atoms with Crippen molar-refractivity contribution >= 4 is 5.84 Å². The average molecular weight is 158 g/mol. The van der Waals surface area contributed by atoms with Crippen LogP contribution in [0.3, 0.4) is 0 Å². The second kappa shape index (κ2) is 3.57. The van der Waals surface area contributed by atoms with Crippen LogP contribution in [0.4, 0.5) is 0 Å². The van der Waals surface area contributed by atoms with Crippen molar-refractivity contribution in [1.29, 1.82) is 0 Å². The quantitative estimate of drug-likeness (QED) is 0.231. The Morgan fingerprint density at radius 2 is 2.27 bits per heavy atom. The first kappa shape index (κ1) is 8.33. The SMILES string of the molecule is NC(=NO)C1CCC(CO)C1. The van der Waals surface area contributed by atoms with Crippen LogP contribution < -0.4 is 5.73 Å². The topological polar surface area (TPSA) is 78.8 Å². The minimum atomic E-state index is 0.178. The summed E-state index contributed by atoms with van der Waals surface area (Å²) in [6, 6.07) is 0. The first-order chi connectivity index (χ1) is 5.27. The Morgan fingerprint density at radius 1 is 1.55 bits per heavy atom. The van der Waals surface area contributed by atoms with E-state index in [0.29, 0.717) is 11.8 Å². The standard InChI is InChI=1S/C7H14N2O2/c8-7(9-11)6-2-1-5(3-6)4-10/h5-6,10-11H,1-4H2,(H2,8,9). The van der Waals surface area contributed by atoms with Crippen LogP contribution in [-0.4, -0.2) is 22.8 Å². The smallest absolute Gasteiger partial charge is 0.142 e. The molecule has 2 atom stereocenters. The molecular weight excluding hydrogens is 144 g/mol. The molecule has 1 aliphatic rings. The largest absolute Gasteiger partial charge is 0.409 e. The average Bonchev–Trinajstić information content (AvgIpc) is 2.50. The van der Waals surface area contributed by atoms with Crippen LogP contribution in [0.1, 0.15) is 19.3 Å². The highest BCUT2D eigenvalue weighted by Crippen LogP contribution is 2.30. The molecule has 0 heterocycles. The summed E-state index contributed by atoms with van der Waals surface area (Å²) in [7, 11) is 0. The molecule has 0 aromatic carbocycles. The number of hydrogen-bond donors (Lipinski definition) is 3. The number of aliphatic hydroxyl groups is 1. The van der Waals surface area contributed by atoms with Gasteiger partial charge < -0.3 is 16.0 Å². The van der Waals surface area contributed by atoms with Crippen LogP contribution in [0.5, 0.6) is 0 Å². The lowest BCUT2D eigenvalue weighted by Crippen LogP contribution is -2.21. The van der Waals surface area contributed by atoms with Crippen LogP contribution in [0.25, 0.3) is 0 Å². The van der Waals surface area contributed by atoms with E-state index in [0.717, 1.165) is 19.3 Å². The molecule has 4 N–H and O–H groups in total. The van der Waals surface area contributed by atoms with Gasteiger partial charge in [-0.05, 0) is 25.2 Å². The van der Waals surface area contributed by atoms with Crippen molar-refractivity contribution in [1.82, 2.24) is 0 Å². The van der Waals surface area contributed by atoms with E-state index in [1.54, 1.807) is 0 Å². The Bertz CT molecular complexity index is 159. The molecule has 0 aromatic heterocycles. The summed E-state index contributed by atoms with van der Waals surface area (Å²) in [5.41, 5.74) is 5.41. The Labute approximate surface area is 65.7 Å². The zero-order valence-corrected chi connectivity index (χ0v) is 6.40. The molecule has 1 rings (SSSR count). The van der Waals surface area contributed by atoms with E-state index in [-0.39, 0.29) is 12.5 Å². The number of nitrogens with two attached hydrogens (primary N) is 1. The van der Waals surface area contributed by atoms with Gasteiger partial charge in [0.2, 0.25) is 0 Å². The van der Waals surface area contributed by atoms with Gasteiger partial charge in [-0.1, -0.05) is 5.16 Å². The summed E-state index contributed by atoms with van der Waals surface area (Å²) in [5, 5.41) is 20.1. The molecule has 1 fully saturated rings. The highest BCUT2D eigenvalue weighted by Gasteiger charge is 2.26. The van der Waals surface area contributed by atoms with Crippen molar-refractivity contribution < 1.29 is 10.3 Å². The summed E-state index contributed by atoms with van der Waals surface area (Å²) < 4.78 is 0. The van der Waals surface area contributed by atoms with Gasteiger partial charge in [0, 0.05) is 12.5 Å². The Balaban J connectivity index is 2.41. The molecule has 4 heteroatoms. The van der Waals surface area contributed by atoms with E-state index in [4.69, 9.17) is 16.0 Å². The van der Waals surface area contributed by atoms with E-state index in [1.165, 1.54) is 0 Å². The van der Waals surface area contributed by atoms with E-state index < -0.39 is 0 Å². The van der Waals surface area contributed by atoms with E-state index >= 15 is 0 Å². The van der Waals surface area contributed by atoms with Gasteiger partial charge in [-0.25, -0.2) is 0 Å². The first-order valence-corrected chi connectivity index (χ1v) is 3.86. The second-order valence-electron chi connectivity index (χ2n) is 3.08. The van der Waals surface area contributed by atoms with Gasteiger partial charge in [0.1, 0.15) is 5.84 Å². The lowest BCUT2D eigenvalue weighted by atomic mass is 10.1. The van der Waals surface area contributed by atoms with Gasteiger partial charge in [-0.2, -0.15) is 0 Å². The maximum absolute atomic E-state index is 8.80. The first-order valence-electron chi connectivity index (χ1n) is 3.86. The van der Waals surface area contributed by atoms with Crippen molar-refractivity contribution in [2.75, 3.05) is 6.61 Å². The summed E-state index contributed by atoms with van der Waals surface area (Å²) in [6.45, 7) is 0.217. The van der Waals surface area contributed by atoms with Crippen LogP contribution in [0.2, 0.25) is 0 Å². The number of oxime groups is 1. The Morgan fingerprint density at radius 3 is 2.73 bits per heavy atom. The molecule has 0 aromatic rings. The molecule has 1 saturated carbocycles. The molecule has 4 nitrogen and oxygen atoms in total. The third-order valence-electron chi connectivity index (χ3n) is 2.33. The predicted molar refractivity (Wildman–Crippen MR) is 41.3 cm³/mol. The van der Waals surface area contributed by atoms with E-state index in [9.17, 15) is 0 Å². The summed E-state index contributed by atoms with van der Waals surface area (Å²) in [6.07, 6.45) is 2.77. The summed E-state index contributed by atoms with van der Waals surface area (Å²) in [4.78, 5) is 0. The van der Waals surface area contributed by atoms with Gasteiger partial charge in [0.25, 0.3) is 0 Å². The molecule has 11 heavy (non-hydrogen) atoms. The van der Waals surface area contributed by atoms with Crippen molar-refractivity contribution in [2.24, 2.45) is 22.7 Å². The number of nitrogens with zero attached hydrogens (tertiary/aromatic N) is 1. The highest BCUT2D eigenvalue weighted by atomic mass is 16.4. The third kappa shape index (κ3) is 1.83. The molecule has 1 aliphatic carbocycles. The number of hydrogen-bond acceptors (Lipinski definition) is 3. The summed E-state index contributed by atoms with van der Waals surface area (Å²) in [5.74, 6) is 0.832. The third-order valence-corrected chi connectivity index (χ3v) is 2.33. The number of aliphatic hydroxyl groups excluding tert-OH is 1. The van der Waals surface area contributed by atoms with Gasteiger partial charge in [0.15, 0.2) is 0 Å². The molecule has 0 spiro atoms. The van der Waals surface area contributed by atoms with E-state index in [1.807, 2.05) is 0 Å². The molecule has 2 unspecified atom stereocenters. The van der Waals surface area contributed by atoms with Crippen LogP contribution in [-0.2, 0) is 0 Å². The molecule has 0 aliphatic heterocycles. The van der Waals surface area contributed by atoms with Crippen molar-refractivity contribution in [3.05, 3.63) is 0 Å². The van der Waals surface area contributed by atoms with Gasteiger partial charge in [-0.3, -0.25) is 0 Å². The van der Waals surface area contributed by atoms with E-state index in [2.05, 4.69) is 5.16 Å². The van der Waals surface area contributed by atoms with Crippen LogP contribution >= 0.6 is 0 Å². The van der Waals surface area contributed by atoms with Gasteiger partial charge >= 0.3 is 0 Å². The van der Waals surface area contributed by atoms with Crippen LogP contribution in [0.15, 0.2) is 5.16 Å². The fraction of sp³-hybridized carbons (Fsp3) is 0.857. The molecule has 0 bridgehead atoms. The highest BCUT2D eigenvalue weighted by molar-refractivity contribution is 5.82. The minimum Gasteiger partial charge on any atom is -0.409 e. The lowest BCUT2D eigenvalue weighted by Gasteiger charge is -2.06. The van der Waals surface area contributed by atoms with Gasteiger partial charge in [-0.15, -0.1) is 0 Å². The fourth-order valence-electron chi connectivity index (χ4n) is 1.59. The predicted octanol–water partition coefficient (Wildman–Crippen LogP) is 0.141. The minimum absolute atomic E-state index is 0.178. The zero-order valence-electron chi connectivity index (χ0n) is 6.40. The second-order valence-corrected chi connectivity index (χ2v) is 3.08. The lowest BCUT2D eigenvalue weighted by molar-refractivity contribution is 0.228. The van der Waals surface area contributed by atoms with Gasteiger partial charge in [0.05, 0.1) is 0 Å². The molecule has 0 amide bonds. The Kier molecular flexibility index (Phi) is 2.70. The van der Waals surface area contributed by atoms with Crippen molar-refractivity contribution in [3.8, 4) is 0 Å². The maximum Gasteiger partial charge on any atom is 0.142 e. The monoisotopic (exact) mass is 158 g/mol. The number of rotatable bonds is 2. The molecule has 0 radical (unpaired) electrons.